The van der Waals surface area contributed by atoms with Gasteiger partial charge in [0, 0.05) is 29.6 Å². The van der Waals surface area contributed by atoms with Crippen LogP contribution in [0.25, 0.3) is 6.08 Å². The van der Waals surface area contributed by atoms with Crippen molar-refractivity contribution < 1.29 is 18.7 Å². The highest BCUT2D eigenvalue weighted by Gasteiger charge is 2.32. The fourth-order valence-corrected chi connectivity index (χ4v) is 3.93. The van der Waals surface area contributed by atoms with Crippen LogP contribution < -0.4 is 14.8 Å². The van der Waals surface area contributed by atoms with Crippen LogP contribution >= 0.6 is 11.6 Å². The van der Waals surface area contributed by atoms with Crippen molar-refractivity contribution in [1.82, 2.24) is 5.32 Å². The van der Waals surface area contributed by atoms with E-state index < -0.39 is 6.67 Å². The van der Waals surface area contributed by atoms with Crippen molar-refractivity contribution in [2.75, 3.05) is 13.2 Å². The Morgan fingerprint density at radius 2 is 2.06 bits per heavy atom. The molecule has 2 aromatic carbocycles. The molecule has 166 valence electrons. The molecule has 0 fully saturated rings. The fourth-order valence-electron chi connectivity index (χ4n) is 3.66. The molecule has 0 spiro atoms. The smallest absolute Gasteiger partial charge is 0.244 e. The molecule has 0 aliphatic carbocycles. The molecule has 2 aromatic rings. The van der Waals surface area contributed by atoms with Crippen molar-refractivity contribution >= 4 is 23.6 Å². The Balaban J connectivity index is 1.71. The highest BCUT2D eigenvalue weighted by atomic mass is 35.5. The number of benzene rings is 2. The summed E-state index contributed by atoms with van der Waals surface area (Å²) in [5, 5.41) is 3.33. The van der Waals surface area contributed by atoms with Gasteiger partial charge in [-0.05, 0) is 80.6 Å². The Hall–Kier alpha value is -2.53. The third-order valence-corrected chi connectivity index (χ3v) is 5.61. The van der Waals surface area contributed by atoms with Gasteiger partial charge < -0.3 is 14.8 Å². The summed E-state index contributed by atoms with van der Waals surface area (Å²) >= 11 is 6.31. The number of rotatable bonds is 8. The van der Waals surface area contributed by atoms with E-state index in [4.69, 9.17) is 21.1 Å². The number of hydrogen-bond acceptors (Lipinski definition) is 3. The maximum absolute atomic E-state index is 12.1. The van der Waals surface area contributed by atoms with Gasteiger partial charge in [0.25, 0.3) is 0 Å². The summed E-state index contributed by atoms with van der Waals surface area (Å²) in [6, 6.07) is 7.67. The van der Waals surface area contributed by atoms with Gasteiger partial charge in [0.15, 0.2) is 0 Å². The van der Waals surface area contributed by atoms with E-state index in [2.05, 4.69) is 19.2 Å². The number of nitrogens with one attached hydrogen (secondary N) is 1. The van der Waals surface area contributed by atoms with Crippen LogP contribution in [-0.2, 0) is 17.8 Å². The molecular weight excluding hydrogens is 417 g/mol. The first-order valence-electron chi connectivity index (χ1n) is 10.5. The molecule has 0 saturated carbocycles. The van der Waals surface area contributed by atoms with Gasteiger partial charge in [0.1, 0.15) is 23.7 Å². The molecule has 1 aliphatic heterocycles. The summed E-state index contributed by atoms with van der Waals surface area (Å²) in [6.45, 7) is 8.35. The monoisotopic (exact) mass is 445 g/mol. The minimum Gasteiger partial charge on any atom is -0.488 e. The molecular formula is C25H29ClFNO3. The average Bonchev–Trinajstić information content (AvgIpc) is 3.02. The molecule has 31 heavy (non-hydrogen) atoms. The lowest BCUT2D eigenvalue weighted by Crippen LogP contribution is -2.25. The van der Waals surface area contributed by atoms with E-state index >= 15 is 0 Å². The second-order valence-corrected chi connectivity index (χ2v) is 8.89. The van der Waals surface area contributed by atoms with Crippen molar-refractivity contribution in [3.05, 3.63) is 63.2 Å². The van der Waals surface area contributed by atoms with E-state index in [0.717, 1.165) is 45.7 Å². The molecule has 0 aromatic heterocycles. The van der Waals surface area contributed by atoms with Crippen molar-refractivity contribution in [2.45, 2.75) is 52.7 Å². The molecule has 0 radical (unpaired) electrons. The number of halogens is 2. The van der Waals surface area contributed by atoms with Gasteiger partial charge in [0.05, 0.1) is 6.67 Å². The molecule has 0 atom stereocenters. The van der Waals surface area contributed by atoms with Crippen molar-refractivity contribution in [2.24, 2.45) is 0 Å². The normalized spacial score (nSPS) is 14.4. The standard InChI is InChI=1S/C25H29ClFNO3/c1-16-17(2)22(8-6-18(16)7-9-23(29)28-11-5-10-27)30-15-20-13-21(26)12-19-14-25(3,4)31-24(19)20/h6-9,12-13H,5,10-11,14-15H2,1-4H3,(H,28,29). The first kappa shape index (κ1) is 23.1. The number of fused-ring (bicyclic) bond motifs is 1. The van der Waals surface area contributed by atoms with Gasteiger partial charge in [-0.1, -0.05) is 17.7 Å². The molecule has 0 saturated heterocycles. The van der Waals surface area contributed by atoms with Crippen LogP contribution in [-0.4, -0.2) is 24.7 Å². The quantitative estimate of drug-likeness (QED) is 0.416. The summed E-state index contributed by atoms with van der Waals surface area (Å²) < 4.78 is 24.4. The van der Waals surface area contributed by atoms with Crippen LogP contribution in [0.15, 0.2) is 30.3 Å². The zero-order valence-electron chi connectivity index (χ0n) is 18.5. The molecule has 3 rings (SSSR count). The Labute approximate surface area is 188 Å². The van der Waals surface area contributed by atoms with Gasteiger partial charge in [-0.2, -0.15) is 0 Å². The number of carbonyl (C=O) groups is 1. The predicted octanol–water partition coefficient (Wildman–Crippen LogP) is 5.74. The van der Waals surface area contributed by atoms with E-state index in [1.807, 2.05) is 38.1 Å². The highest BCUT2D eigenvalue weighted by Crippen LogP contribution is 2.40. The number of hydrogen-bond donors (Lipinski definition) is 1. The van der Waals surface area contributed by atoms with Crippen LogP contribution in [0.5, 0.6) is 11.5 Å². The molecule has 1 heterocycles. The maximum atomic E-state index is 12.1. The van der Waals surface area contributed by atoms with E-state index in [1.165, 1.54) is 6.08 Å². The van der Waals surface area contributed by atoms with E-state index in [1.54, 1.807) is 6.08 Å². The average molecular weight is 446 g/mol. The molecule has 0 unspecified atom stereocenters. The van der Waals surface area contributed by atoms with E-state index in [-0.39, 0.29) is 11.5 Å². The number of amides is 1. The van der Waals surface area contributed by atoms with Gasteiger partial charge in [-0.25, -0.2) is 0 Å². The first-order chi connectivity index (χ1) is 14.7. The SMILES string of the molecule is Cc1c(C=CC(=O)NCCCF)ccc(OCc2cc(Cl)cc3c2OC(C)(C)C3)c1C. The molecule has 1 amide bonds. The van der Waals surface area contributed by atoms with Gasteiger partial charge in [-0.3, -0.25) is 9.18 Å². The van der Waals surface area contributed by atoms with Crippen LogP contribution in [0.1, 0.15) is 48.1 Å². The Bertz CT molecular complexity index is 1000. The largest absolute Gasteiger partial charge is 0.488 e. The lowest BCUT2D eigenvalue weighted by molar-refractivity contribution is -0.116. The summed E-state index contributed by atoms with van der Waals surface area (Å²) in [5.41, 5.74) is 4.74. The maximum Gasteiger partial charge on any atom is 0.244 e. The Kier molecular flexibility index (Phi) is 7.26. The van der Waals surface area contributed by atoms with E-state index in [0.29, 0.717) is 24.6 Å². The summed E-state index contributed by atoms with van der Waals surface area (Å²) in [7, 11) is 0. The first-order valence-corrected chi connectivity index (χ1v) is 10.8. The van der Waals surface area contributed by atoms with Crippen LogP contribution in [0.2, 0.25) is 5.02 Å². The fraction of sp³-hybridized carbons (Fsp3) is 0.400. The molecule has 1 aliphatic rings. The Morgan fingerprint density at radius 3 is 2.81 bits per heavy atom. The molecule has 0 bridgehead atoms. The number of alkyl halides is 1. The second kappa shape index (κ2) is 9.73. The summed E-state index contributed by atoms with van der Waals surface area (Å²) in [4.78, 5) is 11.8. The molecule has 6 heteroatoms. The van der Waals surface area contributed by atoms with E-state index in [9.17, 15) is 9.18 Å². The highest BCUT2D eigenvalue weighted by molar-refractivity contribution is 6.30. The Morgan fingerprint density at radius 1 is 1.29 bits per heavy atom. The van der Waals surface area contributed by atoms with Crippen molar-refractivity contribution in [3.8, 4) is 11.5 Å². The van der Waals surface area contributed by atoms with Crippen LogP contribution in [0.4, 0.5) is 4.39 Å². The summed E-state index contributed by atoms with van der Waals surface area (Å²) in [6.07, 6.45) is 4.37. The zero-order chi connectivity index (χ0) is 22.6. The predicted molar refractivity (Wildman–Crippen MR) is 123 cm³/mol. The zero-order valence-corrected chi connectivity index (χ0v) is 19.2. The van der Waals surface area contributed by atoms with Crippen LogP contribution in [0.3, 0.4) is 0 Å². The minimum absolute atomic E-state index is 0.233. The van der Waals surface area contributed by atoms with Crippen molar-refractivity contribution in [3.63, 3.8) is 0 Å². The number of carbonyl (C=O) groups excluding carboxylic acids is 1. The second-order valence-electron chi connectivity index (χ2n) is 8.45. The number of ether oxygens (including phenoxy) is 2. The van der Waals surface area contributed by atoms with Gasteiger partial charge in [-0.15, -0.1) is 0 Å². The summed E-state index contributed by atoms with van der Waals surface area (Å²) in [5.74, 6) is 1.40. The van der Waals surface area contributed by atoms with Gasteiger partial charge >= 0.3 is 0 Å². The minimum atomic E-state index is -0.439. The lowest BCUT2D eigenvalue weighted by atomic mass is 10.0. The third kappa shape index (κ3) is 5.79. The topological polar surface area (TPSA) is 47.6 Å². The third-order valence-electron chi connectivity index (χ3n) is 5.39. The molecule has 4 nitrogen and oxygen atoms in total. The van der Waals surface area contributed by atoms with Crippen molar-refractivity contribution in [1.29, 1.82) is 0 Å². The van der Waals surface area contributed by atoms with Crippen LogP contribution in [0, 0.1) is 13.8 Å². The lowest BCUT2D eigenvalue weighted by Gasteiger charge is -2.19. The molecule has 1 N–H and O–H groups in total. The van der Waals surface area contributed by atoms with Gasteiger partial charge in [0.2, 0.25) is 5.91 Å².